The van der Waals surface area contributed by atoms with Crippen molar-refractivity contribution in [3.8, 4) is 0 Å². The minimum absolute atomic E-state index is 0.323. The molecule has 0 spiro atoms. The molecule has 0 heterocycles. The maximum atomic E-state index is 9.30. The summed E-state index contributed by atoms with van der Waals surface area (Å²) >= 11 is 4.02. The van der Waals surface area contributed by atoms with Crippen LogP contribution >= 0.6 is 12.6 Å². The highest BCUT2D eigenvalue weighted by Crippen LogP contribution is 2.06. The first-order valence-electron chi connectivity index (χ1n) is 4.07. The molecule has 0 saturated heterocycles. The Hall–Kier alpha value is -0.470. The second-order valence-electron chi connectivity index (χ2n) is 3.03. The average Bonchev–Trinajstić information content (AvgIpc) is 2.09. The third-order valence-corrected chi connectivity index (χ3v) is 2.22. The van der Waals surface area contributed by atoms with Crippen molar-refractivity contribution >= 4 is 12.6 Å². The van der Waals surface area contributed by atoms with Gasteiger partial charge in [0.1, 0.15) is 0 Å². The Morgan fingerprint density at radius 1 is 1.33 bits per heavy atom. The van der Waals surface area contributed by atoms with E-state index in [0.29, 0.717) is 12.2 Å². The molecule has 0 bridgehead atoms. The van der Waals surface area contributed by atoms with E-state index in [1.165, 1.54) is 11.1 Å². The van der Waals surface area contributed by atoms with Crippen LogP contribution in [0.3, 0.4) is 0 Å². The number of thiol groups is 1. The van der Waals surface area contributed by atoms with Gasteiger partial charge in [0.25, 0.3) is 0 Å². The topological polar surface area (TPSA) is 20.2 Å². The van der Waals surface area contributed by atoms with Crippen molar-refractivity contribution in [2.24, 2.45) is 0 Å². The molecule has 0 fully saturated rings. The summed E-state index contributed by atoms with van der Waals surface area (Å²) in [6.45, 7) is 2.05. The van der Waals surface area contributed by atoms with Gasteiger partial charge in [-0.2, -0.15) is 12.6 Å². The SMILES string of the molecule is Cc1ccc(C[C@H](O)CS)cc1. The molecular weight excluding hydrogens is 168 g/mol. The van der Waals surface area contributed by atoms with Crippen LogP contribution in [0, 0.1) is 6.92 Å². The first-order valence-corrected chi connectivity index (χ1v) is 4.70. The fourth-order valence-corrected chi connectivity index (χ4v) is 1.19. The van der Waals surface area contributed by atoms with Crippen molar-refractivity contribution in [1.29, 1.82) is 0 Å². The minimum atomic E-state index is -0.323. The van der Waals surface area contributed by atoms with Crippen molar-refractivity contribution in [2.45, 2.75) is 19.4 Å². The lowest BCUT2D eigenvalue weighted by atomic mass is 10.1. The van der Waals surface area contributed by atoms with E-state index in [-0.39, 0.29) is 6.10 Å². The molecular formula is C10H14OS. The molecule has 66 valence electrons. The van der Waals surface area contributed by atoms with E-state index in [0.717, 1.165) is 0 Å². The predicted molar refractivity (Wildman–Crippen MR) is 54.7 cm³/mol. The van der Waals surface area contributed by atoms with Crippen molar-refractivity contribution in [3.63, 3.8) is 0 Å². The van der Waals surface area contributed by atoms with Crippen LogP contribution in [-0.4, -0.2) is 17.0 Å². The molecule has 1 nitrogen and oxygen atoms in total. The fourth-order valence-electron chi connectivity index (χ4n) is 1.06. The molecule has 1 aromatic carbocycles. The van der Waals surface area contributed by atoms with Crippen molar-refractivity contribution in [1.82, 2.24) is 0 Å². The molecule has 0 aliphatic heterocycles. The standard InChI is InChI=1S/C10H14OS/c1-8-2-4-9(5-3-8)6-10(11)7-12/h2-5,10-12H,6-7H2,1H3/t10-/m0/s1. The quantitative estimate of drug-likeness (QED) is 0.683. The van der Waals surface area contributed by atoms with Crippen LogP contribution in [0.4, 0.5) is 0 Å². The average molecular weight is 182 g/mol. The van der Waals surface area contributed by atoms with Crippen LogP contribution in [0.5, 0.6) is 0 Å². The number of rotatable bonds is 3. The number of hydrogen-bond donors (Lipinski definition) is 2. The molecule has 1 atom stereocenters. The zero-order chi connectivity index (χ0) is 8.97. The molecule has 0 saturated carbocycles. The Kier molecular flexibility index (Phi) is 3.63. The van der Waals surface area contributed by atoms with Crippen LogP contribution in [0.1, 0.15) is 11.1 Å². The van der Waals surface area contributed by atoms with Gasteiger partial charge in [-0.15, -0.1) is 0 Å². The number of benzene rings is 1. The summed E-state index contributed by atoms with van der Waals surface area (Å²) in [7, 11) is 0. The van der Waals surface area contributed by atoms with Gasteiger partial charge in [-0.05, 0) is 18.9 Å². The zero-order valence-corrected chi connectivity index (χ0v) is 8.09. The smallest absolute Gasteiger partial charge is 0.0668 e. The van der Waals surface area contributed by atoms with Gasteiger partial charge in [-0.25, -0.2) is 0 Å². The highest BCUT2D eigenvalue weighted by molar-refractivity contribution is 7.80. The molecule has 1 aromatic rings. The molecule has 0 unspecified atom stereocenters. The fraction of sp³-hybridized carbons (Fsp3) is 0.400. The molecule has 12 heavy (non-hydrogen) atoms. The number of aliphatic hydroxyl groups is 1. The van der Waals surface area contributed by atoms with Crippen LogP contribution in [0.15, 0.2) is 24.3 Å². The molecule has 0 aliphatic carbocycles. The lowest BCUT2D eigenvalue weighted by Crippen LogP contribution is -2.11. The molecule has 1 rings (SSSR count). The molecule has 0 radical (unpaired) electrons. The van der Waals surface area contributed by atoms with Gasteiger partial charge in [0.05, 0.1) is 6.10 Å². The Bertz CT molecular complexity index is 230. The first-order chi connectivity index (χ1) is 5.72. The van der Waals surface area contributed by atoms with Gasteiger partial charge in [-0.1, -0.05) is 29.8 Å². The third-order valence-electron chi connectivity index (χ3n) is 1.80. The van der Waals surface area contributed by atoms with E-state index in [9.17, 15) is 5.11 Å². The molecule has 0 aliphatic rings. The van der Waals surface area contributed by atoms with Gasteiger partial charge in [0.2, 0.25) is 0 Å². The summed E-state index contributed by atoms with van der Waals surface area (Å²) in [4.78, 5) is 0. The van der Waals surface area contributed by atoms with E-state index >= 15 is 0 Å². The zero-order valence-electron chi connectivity index (χ0n) is 7.20. The summed E-state index contributed by atoms with van der Waals surface area (Å²) in [6.07, 6.45) is 0.375. The maximum Gasteiger partial charge on any atom is 0.0668 e. The summed E-state index contributed by atoms with van der Waals surface area (Å²) in [5.74, 6) is 0.522. The molecule has 0 amide bonds. The monoisotopic (exact) mass is 182 g/mol. The lowest BCUT2D eigenvalue weighted by Gasteiger charge is -2.06. The number of aryl methyl sites for hydroxylation is 1. The van der Waals surface area contributed by atoms with Crippen molar-refractivity contribution in [2.75, 3.05) is 5.75 Å². The van der Waals surface area contributed by atoms with Crippen LogP contribution in [0.25, 0.3) is 0 Å². The normalized spacial score (nSPS) is 12.9. The molecule has 2 heteroatoms. The van der Waals surface area contributed by atoms with Gasteiger partial charge < -0.3 is 5.11 Å². The maximum absolute atomic E-state index is 9.30. The summed E-state index contributed by atoms with van der Waals surface area (Å²) in [6, 6.07) is 8.20. The van der Waals surface area contributed by atoms with Crippen molar-refractivity contribution in [3.05, 3.63) is 35.4 Å². The van der Waals surface area contributed by atoms with E-state index in [4.69, 9.17) is 0 Å². The van der Waals surface area contributed by atoms with E-state index < -0.39 is 0 Å². The number of aliphatic hydroxyl groups excluding tert-OH is 1. The third kappa shape index (κ3) is 2.88. The van der Waals surface area contributed by atoms with Crippen LogP contribution in [-0.2, 0) is 6.42 Å². The Morgan fingerprint density at radius 3 is 2.42 bits per heavy atom. The second-order valence-corrected chi connectivity index (χ2v) is 3.39. The van der Waals surface area contributed by atoms with E-state index in [1.54, 1.807) is 0 Å². The van der Waals surface area contributed by atoms with E-state index in [2.05, 4.69) is 31.7 Å². The Morgan fingerprint density at radius 2 is 1.92 bits per heavy atom. The van der Waals surface area contributed by atoms with Gasteiger partial charge in [0.15, 0.2) is 0 Å². The van der Waals surface area contributed by atoms with Crippen LogP contribution < -0.4 is 0 Å². The predicted octanol–water partition coefficient (Wildman–Crippen LogP) is 1.83. The largest absolute Gasteiger partial charge is 0.392 e. The van der Waals surface area contributed by atoms with E-state index in [1.807, 2.05) is 12.1 Å². The Labute approximate surface area is 78.8 Å². The summed E-state index contributed by atoms with van der Waals surface area (Å²) in [5, 5.41) is 9.30. The summed E-state index contributed by atoms with van der Waals surface area (Å²) in [5.41, 5.74) is 2.42. The lowest BCUT2D eigenvalue weighted by molar-refractivity contribution is 0.200. The highest BCUT2D eigenvalue weighted by atomic mass is 32.1. The van der Waals surface area contributed by atoms with Crippen LogP contribution in [0.2, 0.25) is 0 Å². The summed E-state index contributed by atoms with van der Waals surface area (Å²) < 4.78 is 0. The molecule has 0 aromatic heterocycles. The van der Waals surface area contributed by atoms with Crippen molar-refractivity contribution < 1.29 is 5.11 Å². The molecule has 1 N–H and O–H groups in total. The van der Waals surface area contributed by atoms with Gasteiger partial charge >= 0.3 is 0 Å². The minimum Gasteiger partial charge on any atom is -0.392 e. The van der Waals surface area contributed by atoms with Gasteiger partial charge in [0, 0.05) is 5.75 Å². The number of hydrogen-bond acceptors (Lipinski definition) is 2. The Balaban J connectivity index is 2.58. The first kappa shape index (κ1) is 9.62. The van der Waals surface area contributed by atoms with Gasteiger partial charge in [-0.3, -0.25) is 0 Å². The highest BCUT2D eigenvalue weighted by Gasteiger charge is 2.01. The second kappa shape index (κ2) is 4.53.